The summed E-state index contributed by atoms with van der Waals surface area (Å²) in [4.78, 5) is 36.7. The lowest BCUT2D eigenvalue weighted by molar-refractivity contribution is -0.192. The van der Waals surface area contributed by atoms with Gasteiger partial charge in [0, 0.05) is 19.6 Å². The van der Waals surface area contributed by atoms with Crippen molar-refractivity contribution in [2.75, 3.05) is 32.7 Å². The van der Waals surface area contributed by atoms with Crippen molar-refractivity contribution in [1.82, 2.24) is 15.1 Å². The Hall–Kier alpha value is -2.56. The first kappa shape index (κ1) is 20.7. The molecule has 2 amide bonds. The van der Waals surface area contributed by atoms with Gasteiger partial charge >= 0.3 is 12.1 Å². The average molecular weight is 391 g/mol. The lowest BCUT2D eigenvalue weighted by atomic mass is 9.93. The van der Waals surface area contributed by atoms with Crippen LogP contribution in [0.5, 0.6) is 0 Å². The van der Waals surface area contributed by atoms with Crippen LogP contribution in [-0.4, -0.2) is 77.1 Å². The number of nitrogens with one attached hydrogen (secondary N) is 1. The summed E-state index contributed by atoms with van der Waals surface area (Å²) in [6, 6.07) is 3.41. The second-order valence-corrected chi connectivity index (χ2v) is 6.27. The number of amides is 2. The molecule has 27 heavy (non-hydrogen) atoms. The van der Waals surface area contributed by atoms with Crippen molar-refractivity contribution in [3.05, 3.63) is 24.2 Å². The van der Waals surface area contributed by atoms with Crippen LogP contribution in [0, 0.1) is 0 Å². The lowest BCUT2D eigenvalue weighted by Gasteiger charge is -2.43. The van der Waals surface area contributed by atoms with Crippen LogP contribution in [0.2, 0.25) is 0 Å². The maximum atomic E-state index is 12.3. The molecule has 0 aromatic carbocycles. The molecule has 1 aromatic heterocycles. The minimum absolute atomic E-state index is 0.0632. The number of hydrogen-bond acceptors (Lipinski definition) is 5. The molecule has 1 atom stereocenters. The van der Waals surface area contributed by atoms with E-state index in [1.54, 1.807) is 12.1 Å². The zero-order valence-corrected chi connectivity index (χ0v) is 14.6. The number of furan rings is 1. The van der Waals surface area contributed by atoms with Crippen molar-refractivity contribution in [3.63, 3.8) is 0 Å². The number of alkyl halides is 3. The summed E-state index contributed by atoms with van der Waals surface area (Å²) in [6.07, 6.45) is -2.69. The van der Waals surface area contributed by atoms with Gasteiger partial charge in [-0.3, -0.25) is 14.5 Å². The van der Waals surface area contributed by atoms with Crippen molar-refractivity contribution in [2.24, 2.45) is 0 Å². The smallest absolute Gasteiger partial charge is 0.475 e. The molecule has 0 aliphatic carbocycles. The molecule has 2 N–H and O–H groups in total. The van der Waals surface area contributed by atoms with Gasteiger partial charge in [-0.15, -0.1) is 0 Å². The van der Waals surface area contributed by atoms with Gasteiger partial charge in [0.1, 0.15) is 0 Å². The number of carbonyl (C=O) groups is 3. The van der Waals surface area contributed by atoms with E-state index in [4.69, 9.17) is 14.3 Å². The molecule has 1 aromatic rings. The van der Waals surface area contributed by atoms with Gasteiger partial charge in [0.2, 0.25) is 5.91 Å². The van der Waals surface area contributed by atoms with E-state index in [0.29, 0.717) is 31.9 Å². The molecule has 150 valence electrons. The number of piperazine rings is 1. The first-order valence-corrected chi connectivity index (χ1v) is 8.24. The van der Waals surface area contributed by atoms with E-state index in [-0.39, 0.29) is 17.4 Å². The highest BCUT2D eigenvalue weighted by atomic mass is 19.4. The number of carboxylic acid groups (broad SMARTS) is 1. The minimum Gasteiger partial charge on any atom is -0.475 e. The van der Waals surface area contributed by atoms with Crippen LogP contribution in [0.1, 0.15) is 23.9 Å². The third kappa shape index (κ3) is 4.79. The Morgan fingerprint density at radius 1 is 1.41 bits per heavy atom. The zero-order valence-electron chi connectivity index (χ0n) is 14.6. The van der Waals surface area contributed by atoms with Crippen LogP contribution in [0.4, 0.5) is 13.2 Å². The fourth-order valence-electron chi connectivity index (χ4n) is 3.21. The fraction of sp³-hybridized carbons (Fsp3) is 0.562. The molecule has 2 saturated heterocycles. The Morgan fingerprint density at radius 3 is 2.59 bits per heavy atom. The van der Waals surface area contributed by atoms with Crippen molar-refractivity contribution in [1.29, 1.82) is 0 Å². The number of likely N-dealkylation sites (tertiary alicyclic amines) is 1. The van der Waals surface area contributed by atoms with E-state index < -0.39 is 12.1 Å². The SMILES string of the molecule is CCN1CC(=O)NCC12CCN(C(=O)c1ccco1)C2.O=C(O)C(F)(F)F. The molecule has 11 heteroatoms. The predicted octanol–water partition coefficient (Wildman–Crippen LogP) is 0.949. The lowest BCUT2D eigenvalue weighted by Crippen LogP contribution is -2.64. The van der Waals surface area contributed by atoms with Crippen LogP contribution in [0.25, 0.3) is 0 Å². The van der Waals surface area contributed by atoms with Gasteiger partial charge in [-0.1, -0.05) is 6.92 Å². The third-order valence-electron chi connectivity index (χ3n) is 4.60. The topological polar surface area (TPSA) is 103 Å². The van der Waals surface area contributed by atoms with E-state index in [1.165, 1.54) is 6.26 Å². The van der Waals surface area contributed by atoms with Gasteiger partial charge in [-0.05, 0) is 25.1 Å². The molecule has 2 fully saturated rings. The monoisotopic (exact) mass is 391 g/mol. The largest absolute Gasteiger partial charge is 0.490 e. The van der Waals surface area contributed by atoms with Crippen molar-refractivity contribution < 1.29 is 37.1 Å². The number of hydrogen-bond donors (Lipinski definition) is 2. The first-order chi connectivity index (χ1) is 12.6. The first-order valence-electron chi connectivity index (χ1n) is 8.24. The van der Waals surface area contributed by atoms with Crippen molar-refractivity contribution >= 4 is 17.8 Å². The van der Waals surface area contributed by atoms with Gasteiger partial charge in [0.25, 0.3) is 5.91 Å². The average Bonchev–Trinajstić information content (AvgIpc) is 3.27. The molecule has 2 aliphatic rings. The Morgan fingerprint density at radius 2 is 2.07 bits per heavy atom. The zero-order chi connectivity index (χ0) is 20.2. The summed E-state index contributed by atoms with van der Waals surface area (Å²) in [5.74, 6) is -2.38. The molecule has 0 radical (unpaired) electrons. The van der Waals surface area contributed by atoms with Crippen LogP contribution in [0.3, 0.4) is 0 Å². The number of rotatable bonds is 2. The number of likely N-dealkylation sites (N-methyl/N-ethyl adjacent to an activating group) is 1. The van der Waals surface area contributed by atoms with Crippen molar-refractivity contribution in [3.8, 4) is 0 Å². The number of aliphatic carboxylic acids is 1. The molecule has 1 unspecified atom stereocenters. The minimum atomic E-state index is -5.08. The number of halogens is 3. The van der Waals surface area contributed by atoms with Crippen LogP contribution in [0.15, 0.2) is 22.8 Å². The maximum absolute atomic E-state index is 12.3. The molecule has 8 nitrogen and oxygen atoms in total. The van der Waals surface area contributed by atoms with E-state index in [2.05, 4.69) is 17.1 Å². The Kier molecular flexibility index (Phi) is 6.14. The van der Waals surface area contributed by atoms with Gasteiger partial charge in [0.05, 0.1) is 18.3 Å². The molecule has 2 aliphatic heterocycles. The summed E-state index contributed by atoms with van der Waals surface area (Å²) in [6.45, 7) is 5.24. The number of nitrogens with zero attached hydrogens (tertiary/aromatic N) is 2. The van der Waals surface area contributed by atoms with Gasteiger partial charge in [-0.25, -0.2) is 4.79 Å². The van der Waals surface area contributed by atoms with E-state index in [1.807, 2.05) is 4.90 Å². The molecular weight excluding hydrogens is 371 g/mol. The quantitative estimate of drug-likeness (QED) is 0.778. The molecule has 0 bridgehead atoms. The van der Waals surface area contributed by atoms with E-state index in [0.717, 1.165) is 13.0 Å². The highest BCUT2D eigenvalue weighted by molar-refractivity contribution is 5.91. The highest BCUT2D eigenvalue weighted by Gasteiger charge is 2.47. The summed E-state index contributed by atoms with van der Waals surface area (Å²) in [5.41, 5.74) is -0.120. The summed E-state index contributed by atoms with van der Waals surface area (Å²) in [7, 11) is 0. The van der Waals surface area contributed by atoms with E-state index >= 15 is 0 Å². The summed E-state index contributed by atoms with van der Waals surface area (Å²) < 4.78 is 36.9. The van der Waals surface area contributed by atoms with Crippen LogP contribution >= 0.6 is 0 Å². The molecule has 3 rings (SSSR count). The standard InChI is InChI=1S/C14H19N3O3.C2HF3O2/c1-2-17-8-12(18)15-9-14(17)5-6-16(10-14)13(19)11-4-3-7-20-11;3-2(4,5)1(6)7/h3-4,7H,2,5-6,8-10H2,1H3,(H,15,18);(H,6,7). The Labute approximate surface area is 152 Å². The van der Waals surface area contributed by atoms with Gasteiger partial charge in [0.15, 0.2) is 5.76 Å². The van der Waals surface area contributed by atoms with Crippen LogP contribution in [-0.2, 0) is 9.59 Å². The predicted molar refractivity (Wildman–Crippen MR) is 85.9 cm³/mol. The molecule has 1 spiro atoms. The normalized spacial score (nSPS) is 23.0. The van der Waals surface area contributed by atoms with Gasteiger partial charge < -0.3 is 19.7 Å². The third-order valence-corrected chi connectivity index (χ3v) is 4.60. The summed E-state index contributed by atoms with van der Waals surface area (Å²) >= 11 is 0. The second kappa shape index (κ2) is 7.99. The molecular formula is C16H20F3N3O5. The second-order valence-electron chi connectivity index (χ2n) is 6.27. The van der Waals surface area contributed by atoms with Gasteiger partial charge in [-0.2, -0.15) is 13.2 Å². The Bertz CT molecular complexity index is 692. The number of carbonyl (C=O) groups excluding carboxylic acids is 2. The highest BCUT2D eigenvalue weighted by Crippen LogP contribution is 2.30. The Balaban J connectivity index is 0.000000321. The maximum Gasteiger partial charge on any atom is 0.490 e. The fourth-order valence-corrected chi connectivity index (χ4v) is 3.21. The van der Waals surface area contributed by atoms with E-state index in [9.17, 15) is 22.8 Å². The number of carboxylic acids is 1. The van der Waals surface area contributed by atoms with Crippen molar-refractivity contribution in [2.45, 2.75) is 25.1 Å². The molecule has 0 saturated carbocycles. The molecule has 3 heterocycles. The van der Waals surface area contributed by atoms with Crippen LogP contribution < -0.4 is 5.32 Å². The summed E-state index contributed by atoms with van der Waals surface area (Å²) in [5, 5.41) is 10.1.